The molecule has 232 valence electrons. The molecule has 0 aliphatic rings. The summed E-state index contributed by atoms with van der Waals surface area (Å²) in [4.78, 5) is 16.6. The number of nitrogens with zero attached hydrogens (tertiary/aromatic N) is 3. The van der Waals surface area contributed by atoms with E-state index in [0.717, 1.165) is 5.56 Å². The van der Waals surface area contributed by atoms with Gasteiger partial charge in [-0.15, -0.1) is 0 Å². The van der Waals surface area contributed by atoms with Gasteiger partial charge in [0.05, 0.1) is 23.3 Å². The van der Waals surface area contributed by atoms with Gasteiger partial charge in [0.15, 0.2) is 17.4 Å². The van der Waals surface area contributed by atoms with E-state index >= 15 is 8.78 Å². The number of aromatic nitrogens is 1. The first-order chi connectivity index (χ1) is 20.1. The number of amides is 1. The van der Waals surface area contributed by atoms with Crippen LogP contribution in [0, 0.1) is 11.6 Å². The molecule has 0 aliphatic carbocycles. The van der Waals surface area contributed by atoms with Crippen LogP contribution in [0.4, 0.5) is 8.78 Å². The fourth-order valence-electron chi connectivity index (χ4n) is 4.01. The Kier molecular flexibility index (Phi) is 14.8. The van der Waals surface area contributed by atoms with Gasteiger partial charge >= 0.3 is 0 Å². The number of benzene rings is 2. The zero-order valence-electron chi connectivity index (χ0n) is 24.5. The topological polar surface area (TPSA) is 95.0 Å². The molecule has 0 saturated heterocycles. The van der Waals surface area contributed by atoms with E-state index < -0.39 is 44.5 Å². The lowest BCUT2D eigenvalue weighted by Gasteiger charge is -2.46. The summed E-state index contributed by atoms with van der Waals surface area (Å²) in [7, 11) is -1.81. The number of hydrogen-bond acceptors (Lipinski definition) is 6. The molecule has 1 heterocycles. The van der Waals surface area contributed by atoms with E-state index in [9.17, 15) is 14.2 Å². The minimum atomic E-state index is -2.16. The van der Waals surface area contributed by atoms with Crippen molar-refractivity contribution in [2.45, 2.75) is 37.8 Å². The fraction of sp³-hybridized carbons (Fsp3) is 0.379. The Morgan fingerprint density at radius 1 is 1.10 bits per heavy atom. The van der Waals surface area contributed by atoms with Gasteiger partial charge < -0.3 is 4.74 Å². The average molecular weight is 645 g/mol. The molecule has 13 heteroatoms. The summed E-state index contributed by atoms with van der Waals surface area (Å²) in [5.41, 5.74) is 2.51. The van der Waals surface area contributed by atoms with E-state index in [4.69, 9.17) is 16.3 Å². The van der Waals surface area contributed by atoms with Crippen molar-refractivity contribution in [1.29, 1.82) is 0 Å². The van der Waals surface area contributed by atoms with Gasteiger partial charge in [0.2, 0.25) is 0 Å². The quantitative estimate of drug-likeness (QED) is 0.153. The number of carbonyl (C=O) groups is 1. The minimum Gasteiger partial charge on any atom is -0.451 e. The SMILES string of the molecule is CC.CCCS(C)(c1cc(F)c(Oc2ccc(Cl)cc2)c(F)c1)N(CCN(C)S(=O)Cc1ccncc1)CC(=O)NO. The van der Waals surface area contributed by atoms with E-state index in [1.807, 2.05) is 27.0 Å². The van der Waals surface area contributed by atoms with Crippen molar-refractivity contribution >= 4 is 38.7 Å². The Bertz CT molecular complexity index is 1290. The monoisotopic (exact) mass is 644 g/mol. The van der Waals surface area contributed by atoms with Gasteiger partial charge in [0, 0.05) is 35.4 Å². The summed E-state index contributed by atoms with van der Waals surface area (Å²) >= 11 is 5.88. The highest BCUT2D eigenvalue weighted by Crippen LogP contribution is 2.57. The van der Waals surface area contributed by atoms with Crippen LogP contribution >= 0.6 is 21.8 Å². The number of halogens is 3. The molecule has 2 unspecified atom stereocenters. The van der Waals surface area contributed by atoms with Gasteiger partial charge in [-0.1, -0.05) is 32.4 Å². The van der Waals surface area contributed by atoms with Gasteiger partial charge in [-0.2, -0.15) is 10.2 Å². The maximum Gasteiger partial charge on any atom is 0.258 e. The maximum absolute atomic E-state index is 15.3. The fourth-order valence-corrected chi connectivity index (χ4v) is 8.30. The summed E-state index contributed by atoms with van der Waals surface area (Å²) in [6.07, 6.45) is 5.79. The van der Waals surface area contributed by atoms with Crippen LogP contribution in [0.3, 0.4) is 0 Å². The lowest BCUT2D eigenvalue weighted by molar-refractivity contribution is -0.129. The Morgan fingerprint density at radius 2 is 1.69 bits per heavy atom. The number of hydrogen-bond donors (Lipinski definition) is 2. The van der Waals surface area contributed by atoms with E-state index in [1.165, 1.54) is 24.3 Å². The largest absolute Gasteiger partial charge is 0.451 e. The molecule has 0 bridgehead atoms. The molecule has 42 heavy (non-hydrogen) atoms. The van der Waals surface area contributed by atoms with Crippen LogP contribution in [-0.2, 0) is 21.5 Å². The number of pyridine rings is 1. The standard InChI is InChI=1S/C27H33ClF2N4O4S2.C2H6/c1-4-15-40(3,23-16-24(29)27(25(30)17-23)38-22-7-5-21(28)6-8-22)34(18-26(35)32-36)14-13-33(2)39(37)19-20-9-11-31-12-10-20;1-2/h5-12,16-17,36H,4,13-15,18-19H2,1-3H3,(H,32,35);1-2H3. The van der Waals surface area contributed by atoms with Crippen LogP contribution in [0.2, 0.25) is 5.02 Å². The van der Waals surface area contributed by atoms with Crippen molar-refractivity contribution in [2.75, 3.05) is 38.7 Å². The molecule has 0 spiro atoms. The summed E-state index contributed by atoms with van der Waals surface area (Å²) in [6.45, 7) is 6.27. The summed E-state index contributed by atoms with van der Waals surface area (Å²) in [5.74, 6) is -1.95. The van der Waals surface area contributed by atoms with Crippen LogP contribution in [0.1, 0.15) is 32.8 Å². The van der Waals surface area contributed by atoms with Gasteiger partial charge in [-0.25, -0.2) is 22.8 Å². The third-order valence-corrected chi connectivity index (χ3v) is 11.8. The number of carbonyl (C=O) groups excluding carboxylic acids is 1. The molecular formula is C29H39ClF2N4O4S2. The number of ether oxygens (including phenoxy) is 1. The lowest BCUT2D eigenvalue weighted by atomic mass is 10.3. The number of likely N-dealkylation sites (N-methyl/N-ethyl adjacent to an activating group) is 1. The predicted octanol–water partition coefficient (Wildman–Crippen LogP) is 6.55. The Balaban J connectivity index is 0.00000301. The molecule has 0 radical (unpaired) electrons. The minimum absolute atomic E-state index is 0.223. The zero-order chi connectivity index (χ0) is 31.3. The molecule has 2 N–H and O–H groups in total. The van der Waals surface area contributed by atoms with Gasteiger partial charge in [0.1, 0.15) is 5.75 Å². The third kappa shape index (κ3) is 9.99. The normalized spacial score (nSPS) is 14.0. The second-order valence-electron chi connectivity index (χ2n) is 9.09. The van der Waals surface area contributed by atoms with Crippen molar-refractivity contribution in [3.63, 3.8) is 0 Å². The molecule has 2 aromatic carbocycles. The van der Waals surface area contributed by atoms with Crippen molar-refractivity contribution in [3.8, 4) is 11.5 Å². The second-order valence-corrected chi connectivity index (χ2v) is 14.6. The summed E-state index contributed by atoms with van der Waals surface area (Å²) in [6, 6.07) is 12.1. The number of rotatable bonds is 14. The molecule has 0 aliphatic heterocycles. The first-order valence-electron chi connectivity index (χ1n) is 13.4. The molecule has 3 aromatic rings. The molecule has 8 nitrogen and oxygen atoms in total. The highest BCUT2D eigenvalue weighted by molar-refractivity contribution is 8.31. The molecular weight excluding hydrogens is 606 g/mol. The van der Waals surface area contributed by atoms with Crippen molar-refractivity contribution in [3.05, 3.63) is 83.1 Å². The highest BCUT2D eigenvalue weighted by atomic mass is 35.5. The summed E-state index contributed by atoms with van der Waals surface area (Å²) in [5, 5.41) is 9.70. The first-order valence-corrected chi connectivity index (χ1v) is 17.2. The Labute approximate surface area is 256 Å². The molecule has 2 atom stereocenters. The van der Waals surface area contributed by atoms with Crippen LogP contribution < -0.4 is 10.2 Å². The highest BCUT2D eigenvalue weighted by Gasteiger charge is 2.32. The van der Waals surface area contributed by atoms with E-state index in [-0.39, 0.29) is 18.8 Å². The number of hydroxylamine groups is 1. The smallest absolute Gasteiger partial charge is 0.258 e. The van der Waals surface area contributed by atoms with Gasteiger partial charge in [-0.05, 0) is 79.6 Å². The van der Waals surface area contributed by atoms with E-state index in [0.29, 0.717) is 34.4 Å². The van der Waals surface area contributed by atoms with Crippen molar-refractivity contribution in [1.82, 2.24) is 19.1 Å². The van der Waals surface area contributed by atoms with Crippen molar-refractivity contribution < 1.29 is 27.7 Å². The molecule has 0 saturated carbocycles. The van der Waals surface area contributed by atoms with Crippen LogP contribution in [-0.4, -0.2) is 67.6 Å². The Hall–Kier alpha value is -2.61. The summed E-state index contributed by atoms with van der Waals surface area (Å²) < 4.78 is 52.4. The van der Waals surface area contributed by atoms with Crippen LogP contribution in [0.5, 0.6) is 11.5 Å². The van der Waals surface area contributed by atoms with Gasteiger partial charge in [0.25, 0.3) is 5.91 Å². The molecule has 0 fully saturated rings. The predicted molar refractivity (Wildman–Crippen MR) is 166 cm³/mol. The van der Waals surface area contributed by atoms with Crippen LogP contribution in [0.25, 0.3) is 0 Å². The second kappa shape index (κ2) is 17.5. The van der Waals surface area contributed by atoms with E-state index in [2.05, 4.69) is 4.98 Å². The number of nitrogens with one attached hydrogen (secondary N) is 1. The third-order valence-electron chi connectivity index (χ3n) is 6.18. The van der Waals surface area contributed by atoms with E-state index in [1.54, 1.807) is 57.8 Å². The molecule has 1 aromatic heterocycles. The molecule has 3 rings (SSSR count). The average Bonchev–Trinajstić information content (AvgIpc) is 2.99. The first kappa shape index (κ1) is 35.6. The van der Waals surface area contributed by atoms with Crippen molar-refractivity contribution in [2.24, 2.45) is 0 Å². The zero-order valence-corrected chi connectivity index (χ0v) is 26.9. The van der Waals surface area contributed by atoms with Gasteiger partial charge in [-0.3, -0.25) is 19.3 Å². The Morgan fingerprint density at radius 3 is 2.24 bits per heavy atom. The maximum atomic E-state index is 15.3. The van der Waals surface area contributed by atoms with Crippen LogP contribution in [0.15, 0.2) is 65.8 Å². The molecule has 1 amide bonds. The lowest BCUT2D eigenvalue weighted by Crippen LogP contribution is -2.42.